The third-order valence-corrected chi connectivity index (χ3v) is 3.86. The number of rotatable bonds is 4. The highest BCUT2D eigenvalue weighted by Gasteiger charge is 2.24. The summed E-state index contributed by atoms with van der Waals surface area (Å²) < 4.78 is 7.30. The summed E-state index contributed by atoms with van der Waals surface area (Å²) in [6.45, 7) is 2.01. The molecule has 0 aliphatic rings. The molecule has 120 valence electrons. The number of nitriles is 1. The Kier molecular flexibility index (Phi) is 4.41. The van der Waals surface area contributed by atoms with Gasteiger partial charge in [0.25, 0.3) is 5.91 Å². The van der Waals surface area contributed by atoms with E-state index in [1.807, 2.05) is 24.3 Å². The van der Waals surface area contributed by atoms with Crippen LogP contribution in [0.25, 0.3) is 5.88 Å². The minimum Gasteiger partial charge on any atom is -0.443 e. The molecule has 0 fully saturated rings. The van der Waals surface area contributed by atoms with Crippen molar-refractivity contribution in [3.05, 3.63) is 76.3 Å². The first kappa shape index (κ1) is 15.9. The molecule has 0 saturated heterocycles. The second kappa shape index (κ2) is 6.65. The fourth-order valence-electron chi connectivity index (χ4n) is 2.43. The predicted molar refractivity (Wildman–Crippen MR) is 90.1 cm³/mol. The number of aryl methyl sites for hydroxylation is 1. The highest BCUT2D eigenvalue weighted by molar-refractivity contribution is 6.30. The van der Waals surface area contributed by atoms with Crippen molar-refractivity contribution in [1.82, 2.24) is 9.88 Å². The van der Waals surface area contributed by atoms with Crippen LogP contribution in [0.15, 0.2) is 53.2 Å². The number of halogens is 1. The van der Waals surface area contributed by atoms with Gasteiger partial charge in [-0.2, -0.15) is 5.26 Å². The molecule has 0 atom stereocenters. The molecule has 5 nitrogen and oxygen atoms in total. The molecule has 2 heterocycles. The van der Waals surface area contributed by atoms with E-state index in [0.29, 0.717) is 23.2 Å². The summed E-state index contributed by atoms with van der Waals surface area (Å²) in [6, 6.07) is 12.9. The summed E-state index contributed by atoms with van der Waals surface area (Å²) in [6.07, 6.45) is 3.52. The summed E-state index contributed by atoms with van der Waals surface area (Å²) in [5, 5.41) is 12.9. The average molecular weight is 340 g/mol. The van der Waals surface area contributed by atoms with Crippen molar-refractivity contribution in [1.29, 1.82) is 5.26 Å². The van der Waals surface area contributed by atoms with Crippen molar-refractivity contribution >= 4 is 17.5 Å². The van der Waals surface area contributed by atoms with Crippen molar-refractivity contribution in [3.63, 3.8) is 0 Å². The molecule has 0 saturated carbocycles. The van der Waals surface area contributed by atoms with Crippen LogP contribution in [0.2, 0.25) is 5.02 Å². The van der Waals surface area contributed by atoms with Crippen LogP contribution in [0.1, 0.15) is 27.2 Å². The summed E-state index contributed by atoms with van der Waals surface area (Å²) in [5.74, 6) is 0.404. The molecule has 0 aliphatic heterocycles. The second-order valence-corrected chi connectivity index (χ2v) is 5.66. The first-order valence-electron chi connectivity index (χ1n) is 7.29. The van der Waals surface area contributed by atoms with E-state index in [2.05, 4.69) is 11.4 Å². The fraction of sp³-hybridized carbons (Fsp3) is 0.111. The van der Waals surface area contributed by atoms with E-state index in [1.165, 1.54) is 0 Å². The topological polar surface area (TPSA) is 71.0 Å². The Hall–Kier alpha value is -2.97. The van der Waals surface area contributed by atoms with E-state index in [1.54, 1.807) is 36.0 Å². The highest BCUT2D eigenvalue weighted by Crippen LogP contribution is 2.25. The van der Waals surface area contributed by atoms with E-state index in [-0.39, 0.29) is 17.0 Å². The van der Waals surface area contributed by atoms with Gasteiger partial charge in [0.1, 0.15) is 23.0 Å². The number of nitrogens with zero attached hydrogens (tertiary/aromatic N) is 2. The SMILES string of the molecule is Cc1oc(-n2cccc2)c(C#N)c1C(=O)NCc1ccc(Cl)cc1. The lowest BCUT2D eigenvalue weighted by Gasteiger charge is -2.05. The number of hydrogen-bond acceptors (Lipinski definition) is 3. The zero-order valence-electron chi connectivity index (χ0n) is 12.9. The maximum absolute atomic E-state index is 12.5. The first-order chi connectivity index (χ1) is 11.6. The van der Waals surface area contributed by atoms with Gasteiger partial charge in [-0.3, -0.25) is 9.36 Å². The molecule has 0 radical (unpaired) electrons. The van der Waals surface area contributed by atoms with Gasteiger partial charge in [0.05, 0.1) is 0 Å². The van der Waals surface area contributed by atoms with E-state index in [9.17, 15) is 10.1 Å². The second-order valence-electron chi connectivity index (χ2n) is 5.22. The minimum absolute atomic E-state index is 0.220. The molecule has 1 aromatic carbocycles. The molecule has 1 amide bonds. The van der Waals surface area contributed by atoms with Gasteiger partial charge in [-0.1, -0.05) is 23.7 Å². The van der Waals surface area contributed by atoms with Gasteiger partial charge in [-0.05, 0) is 36.8 Å². The van der Waals surface area contributed by atoms with Crippen LogP contribution in [0.5, 0.6) is 0 Å². The Balaban J connectivity index is 1.85. The van der Waals surface area contributed by atoms with Gasteiger partial charge in [-0.25, -0.2) is 0 Å². The Bertz CT molecular complexity index is 903. The standard InChI is InChI=1S/C18H14ClN3O2/c1-12-16(15(10-20)18(24-12)22-8-2-3-9-22)17(23)21-11-13-4-6-14(19)7-5-13/h2-9H,11H2,1H3,(H,21,23). The Labute approximate surface area is 144 Å². The number of aromatic nitrogens is 1. The Morgan fingerprint density at radius 2 is 1.96 bits per heavy atom. The molecular formula is C18H14ClN3O2. The molecule has 24 heavy (non-hydrogen) atoms. The van der Waals surface area contributed by atoms with Crippen LogP contribution in [0.4, 0.5) is 0 Å². The van der Waals surface area contributed by atoms with Gasteiger partial charge in [-0.15, -0.1) is 0 Å². The van der Waals surface area contributed by atoms with Crippen LogP contribution in [-0.4, -0.2) is 10.5 Å². The number of amides is 1. The number of nitrogens with one attached hydrogen (secondary N) is 1. The third kappa shape index (κ3) is 3.05. The van der Waals surface area contributed by atoms with Crippen LogP contribution in [0.3, 0.4) is 0 Å². The van der Waals surface area contributed by atoms with Crippen LogP contribution < -0.4 is 5.32 Å². The first-order valence-corrected chi connectivity index (χ1v) is 7.67. The minimum atomic E-state index is -0.346. The summed E-state index contributed by atoms with van der Waals surface area (Å²) in [4.78, 5) is 12.5. The Morgan fingerprint density at radius 3 is 2.58 bits per heavy atom. The van der Waals surface area contributed by atoms with E-state index in [0.717, 1.165) is 5.56 Å². The van der Waals surface area contributed by atoms with Gasteiger partial charge in [0.2, 0.25) is 5.88 Å². The molecule has 0 spiro atoms. The van der Waals surface area contributed by atoms with Crippen LogP contribution in [-0.2, 0) is 6.54 Å². The fourth-order valence-corrected chi connectivity index (χ4v) is 2.56. The van der Waals surface area contributed by atoms with Gasteiger partial charge in [0, 0.05) is 24.0 Å². The van der Waals surface area contributed by atoms with Crippen molar-refractivity contribution in [3.8, 4) is 12.0 Å². The van der Waals surface area contributed by atoms with Crippen LogP contribution in [0, 0.1) is 18.3 Å². The molecular weight excluding hydrogens is 326 g/mol. The number of furan rings is 1. The smallest absolute Gasteiger partial charge is 0.256 e. The molecule has 3 aromatic rings. The summed E-state index contributed by atoms with van der Waals surface area (Å²) >= 11 is 5.84. The maximum Gasteiger partial charge on any atom is 0.256 e. The number of benzene rings is 1. The van der Waals surface area contributed by atoms with Crippen molar-refractivity contribution in [2.24, 2.45) is 0 Å². The zero-order valence-corrected chi connectivity index (χ0v) is 13.7. The van der Waals surface area contributed by atoms with E-state index < -0.39 is 0 Å². The zero-order chi connectivity index (χ0) is 17.1. The number of hydrogen-bond donors (Lipinski definition) is 1. The van der Waals surface area contributed by atoms with Gasteiger partial charge < -0.3 is 9.73 Å². The Morgan fingerprint density at radius 1 is 1.29 bits per heavy atom. The number of carbonyl (C=O) groups excluding carboxylic acids is 1. The maximum atomic E-state index is 12.5. The third-order valence-electron chi connectivity index (χ3n) is 3.61. The normalized spacial score (nSPS) is 10.4. The highest BCUT2D eigenvalue weighted by atomic mass is 35.5. The molecule has 0 aliphatic carbocycles. The lowest BCUT2D eigenvalue weighted by molar-refractivity contribution is 0.0949. The molecule has 2 aromatic heterocycles. The molecule has 0 bridgehead atoms. The lowest BCUT2D eigenvalue weighted by Crippen LogP contribution is -2.23. The molecule has 0 unspecified atom stereocenters. The van der Waals surface area contributed by atoms with Crippen molar-refractivity contribution < 1.29 is 9.21 Å². The molecule has 1 N–H and O–H groups in total. The van der Waals surface area contributed by atoms with E-state index in [4.69, 9.17) is 16.0 Å². The van der Waals surface area contributed by atoms with Gasteiger partial charge in [0.15, 0.2) is 0 Å². The van der Waals surface area contributed by atoms with Crippen LogP contribution >= 0.6 is 11.6 Å². The van der Waals surface area contributed by atoms with Crippen molar-refractivity contribution in [2.45, 2.75) is 13.5 Å². The van der Waals surface area contributed by atoms with E-state index >= 15 is 0 Å². The molecule has 6 heteroatoms. The van der Waals surface area contributed by atoms with Crippen molar-refractivity contribution in [2.75, 3.05) is 0 Å². The molecule has 3 rings (SSSR count). The largest absolute Gasteiger partial charge is 0.443 e. The quantitative estimate of drug-likeness (QED) is 0.785. The lowest BCUT2D eigenvalue weighted by atomic mass is 10.1. The monoisotopic (exact) mass is 339 g/mol. The summed E-state index contributed by atoms with van der Waals surface area (Å²) in [7, 11) is 0. The summed E-state index contributed by atoms with van der Waals surface area (Å²) in [5.41, 5.74) is 1.39. The average Bonchev–Trinajstić information content (AvgIpc) is 3.21. The van der Waals surface area contributed by atoms with Gasteiger partial charge >= 0.3 is 0 Å². The predicted octanol–water partition coefficient (Wildman–Crippen LogP) is 3.83. The number of carbonyl (C=O) groups is 1.